The van der Waals surface area contributed by atoms with Gasteiger partial charge < -0.3 is 14.6 Å². The molecule has 1 heterocycles. The first-order valence-electron chi connectivity index (χ1n) is 8.12. The summed E-state index contributed by atoms with van der Waals surface area (Å²) in [4.78, 5) is 14.4. The van der Waals surface area contributed by atoms with Crippen LogP contribution in [-0.2, 0) is 17.9 Å². The summed E-state index contributed by atoms with van der Waals surface area (Å²) in [6.45, 7) is 8.44. The maximum Gasteiger partial charge on any atom is 0.237 e. The molecule has 2 rings (SSSR count). The van der Waals surface area contributed by atoms with Crippen molar-refractivity contribution in [3.8, 4) is 0 Å². The molecule has 0 saturated heterocycles. The fourth-order valence-corrected chi connectivity index (χ4v) is 2.37. The van der Waals surface area contributed by atoms with Crippen LogP contribution in [-0.4, -0.2) is 23.9 Å². The van der Waals surface area contributed by atoms with Crippen LogP contribution >= 0.6 is 0 Å². The summed E-state index contributed by atoms with van der Waals surface area (Å²) < 4.78 is 5.63. The molecule has 0 saturated carbocycles. The van der Waals surface area contributed by atoms with E-state index in [0.29, 0.717) is 25.6 Å². The van der Waals surface area contributed by atoms with Crippen LogP contribution in [0.5, 0.6) is 0 Å². The third-order valence-electron chi connectivity index (χ3n) is 3.54. The molecule has 0 radical (unpaired) electrons. The smallest absolute Gasteiger partial charge is 0.237 e. The summed E-state index contributed by atoms with van der Waals surface area (Å²) in [5.41, 5.74) is 1.12. The zero-order valence-electron chi connectivity index (χ0n) is 14.2. The normalized spacial score (nSPS) is 11.0. The lowest BCUT2D eigenvalue weighted by atomic mass is 10.2. The monoisotopic (exact) mass is 314 g/mol. The Balaban J connectivity index is 2.02. The summed E-state index contributed by atoms with van der Waals surface area (Å²) in [5.74, 6) is 2.29. The molecular formula is C19H26N2O2. The molecule has 1 aromatic heterocycles. The number of rotatable bonds is 8. The van der Waals surface area contributed by atoms with Gasteiger partial charge in [-0.25, -0.2) is 0 Å². The van der Waals surface area contributed by atoms with Crippen molar-refractivity contribution in [3.05, 3.63) is 59.5 Å². The third-order valence-corrected chi connectivity index (χ3v) is 3.54. The zero-order chi connectivity index (χ0) is 16.7. The van der Waals surface area contributed by atoms with Crippen molar-refractivity contribution in [1.82, 2.24) is 10.2 Å². The molecule has 0 fully saturated rings. The summed E-state index contributed by atoms with van der Waals surface area (Å²) in [6.07, 6.45) is 0. The summed E-state index contributed by atoms with van der Waals surface area (Å²) in [6, 6.07) is 13.9. The number of hydrogen-bond acceptors (Lipinski definition) is 3. The van der Waals surface area contributed by atoms with Crippen LogP contribution in [0.3, 0.4) is 0 Å². The van der Waals surface area contributed by atoms with Crippen molar-refractivity contribution in [2.24, 2.45) is 5.92 Å². The van der Waals surface area contributed by atoms with Crippen molar-refractivity contribution < 1.29 is 9.21 Å². The molecule has 1 aromatic carbocycles. The molecule has 124 valence electrons. The van der Waals surface area contributed by atoms with E-state index in [0.717, 1.165) is 23.6 Å². The minimum Gasteiger partial charge on any atom is -0.464 e. The van der Waals surface area contributed by atoms with Crippen LogP contribution in [0.1, 0.15) is 30.9 Å². The molecule has 4 nitrogen and oxygen atoms in total. The van der Waals surface area contributed by atoms with Crippen molar-refractivity contribution in [1.29, 1.82) is 0 Å². The number of hydrogen-bond donors (Lipinski definition) is 1. The Labute approximate surface area is 138 Å². The SMILES string of the molecule is Cc1ccc(CN(Cc2ccccc2)C(=O)CNCC(C)C)o1. The lowest BCUT2D eigenvalue weighted by Gasteiger charge is -2.22. The second-order valence-corrected chi connectivity index (χ2v) is 6.27. The van der Waals surface area contributed by atoms with E-state index in [1.807, 2.05) is 54.3 Å². The molecule has 1 amide bonds. The van der Waals surface area contributed by atoms with Gasteiger partial charge in [0.05, 0.1) is 13.1 Å². The number of carbonyl (C=O) groups is 1. The van der Waals surface area contributed by atoms with E-state index in [1.165, 1.54) is 0 Å². The van der Waals surface area contributed by atoms with E-state index >= 15 is 0 Å². The molecule has 0 bridgehead atoms. The number of nitrogens with one attached hydrogen (secondary N) is 1. The Bertz CT molecular complexity index is 605. The molecular weight excluding hydrogens is 288 g/mol. The summed E-state index contributed by atoms with van der Waals surface area (Å²) >= 11 is 0. The molecule has 1 N–H and O–H groups in total. The fraction of sp³-hybridized carbons (Fsp3) is 0.421. The molecule has 4 heteroatoms. The van der Waals surface area contributed by atoms with Gasteiger partial charge in [0.15, 0.2) is 0 Å². The van der Waals surface area contributed by atoms with Crippen LogP contribution in [0.15, 0.2) is 46.9 Å². The number of benzene rings is 1. The lowest BCUT2D eigenvalue weighted by Crippen LogP contribution is -2.38. The van der Waals surface area contributed by atoms with Gasteiger partial charge in [0.1, 0.15) is 11.5 Å². The fourth-order valence-electron chi connectivity index (χ4n) is 2.37. The molecule has 0 atom stereocenters. The van der Waals surface area contributed by atoms with Gasteiger partial charge in [-0.15, -0.1) is 0 Å². The first kappa shape index (κ1) is 17.3. The molecule has 0 aliphatic rings. The first-order chi connectivity index (χ1) is 11.0. The number of furan rings is 1. The molecule has 0 spiro atoms. The minimum atomic E-state index is 0.0866. The van der Waals surface area contributed by atoms with E-state index < -0.39 is 0 Å². The van der Waals surface area contributed by atoms with E-state index in [1.54, 1.807) is 0 Å². The maximum absolute atomic E-state index is 12.6. The molecule has 0 unspecified atom stereocenters. The zero-order valence-corrected chi connectivity index (χ0v) is 14.2. The maximum atomic E-state index is 12.6. The number of amides is 1. The topological polar surface area (TPSA) is 45.5 Å². The average molecular weight is 314 g/mol. The van der Waals surface area contributed by atoms with E-state index in [9.17, 15) is 4.79 Å². The number of nitrogens with zero attached hydrogens (tertiary/aromatic N) is 1. The van der Waals surface area contributed by atoms with Crippen molar-refractivity contribution in [3.63, 3.8) is 0 Å². The van der Waals surface area contributed by atoms with Gasteiger partial charge in [0.25, 0.3) is 0 Å². The molecule has 0 aliphatic carbocycles. The second-order valence-electron chi connectivity index (χ2n) is 6.27. The Morgan fingerprint density at radius 3 is 2.48 bits per heavy atom. The van der Waals surface area contributed by atoms with Crippen LogP contribution in [0.4, 0.5) is 0 Å². The standard InChI is InChI=1S/C19H26N2O2/c1-15(2)11-20-12-19(22)21(13-17-7-5-4-6-8-17)14-18-10-9-16(3)23-18/h4-10,15,20H,11-14H2,1-3H3. The van der Waals surface area contributed by atoms with Crippen molar-refractivity contribution in [2.75, 3.05) is 13.1 Å². The van der Waals surface area contributed by atoms with Crippen molar-refractivity contribution in [2.45, 2.75) is 33.9 Å². The molecule has 2 aromatic rings. The highest BCUT2D eigenvalue weighted by Crippen LogP contribution is 2.13. The highest BCUT2D eigenvalue weighted by atomic mass is 16.3. The number of aryl methyl sites for hydroxylation is 1. The van der Waals surface area contributed by atoms with Gasteiger partial charge in [0, 0.05) is 6.54 Å². The van der Waals surface area contributed by atoms with Gasteiger partial charge in [-0.1, -0.05) is 44.2 Å². The lowest BCUT2D eigenvalue weighted by molar-refractivity contribution is -0.131. The summed E-state index contributed by atoms with van der Waals surface area (Å²) in [5, 5.41) is 3.22. The van der Waals surface area contributed by atoms with E-state index in [4.69, 9.17) is 4.42 Å². The summed E-state index contributed by atoms with van der Waals surface area (Å²) in [7, 11) is 0. The van der Waals surface area contributed by atoms with E-state index in [2.05, 4.69) is 19.2 Å². The Hall–Kier alpha value is -2.07. The largest absolute Gasteiger partial charge is 0.464 e. The molecule has 23 heavy (non-hydrogen) atoms. The van der Waals surface area contributed by atoms with Crippen molar-refractivity contribution >= 4 is 5.91 Å². The minimum absolute atomic E-state index is 0.0866. The Morgan fingerprint density at radius 2 is 1.87 bits per heavy atom. The van der Waals surface area contributed by atoms with Crippen LogP contribution in [0.2, 0.25) is 0 Å². The van der Waals surface area contributed by atoms with Gasteiger partial charge in [-0.05, 0) is 37.1 Å². The van der Waals surface area contributed by atoms with Gasteiger partial charge >= 0.3 is 0 Å². The third kappa shape index (κ3) is 5.91. The van der Waals surface area contributed by atoms with Gasteiger partial charge in [0.2, 0.25) is 5.91 Å². The van der Waals surface area contributed by atoms with Gasteiger partial charge in [-0.2, -0.15) is 0 Å². The molecule has 0 aliphatic heterocycles. The van der Waals surface area contributed by atoms with Crippen LogP contribution < -0.4 is 5.32 Å². The highest BCUT2D eigenvalue weighted by Gasteiger charge is 2.16. The predicted octanol–water partition coefficient (Wildman–Crippen LogP) is 3.36. The van der Waals surface area contributed by atoms with Gasteiger partial charge in [-0.3, -0.25) is 4.79 Å². The quantitative estimate of drug-likeness (QED) is 0.812. The predicted molar refractivity (Wildman–Crippen MR) is 91.8 cm³/mol. The Kier molecular flexibility index (Phi) is 6.41. The van der Waals surface area contributed by atoms with Crippen LogP contribution in [0.25, 0.3) is 0 Å². The Morgan fingerprint density at radius 1 is 1.13 bits per heavy atom. The van der Waals surface area contributed by atoms with E-state index in [-0.39, 0.29) is 5.91 Å². The first-order valence-corrected chi connectivity index (χ1v) is 8.12. The second kappa shape index (κ2) is 8.53. The van der Waals surface area contributed by atoms with Crippen LogP contribution in [0, 0.1) is 12.8 Å². The number of carbonyl (C=O) groups excluding carboxylic acids is 1. The highest BCUT2D eigenvalue weighted by molar-refractivity contribution is 5.78. The average Bonchev–Trinajstić information content (AvgIpc) is 2.92.